The number of hydrogen-bond donors (Lipinski definition) is 3. The Hall–Kier alpha value is -5.17. The van der Waals surface area contributed by atoms with Crippen molar-refractivity contribution < 1.29 is 27.4 Å². The summed E-state index contributed by atoms with van der Waals surface area (Å²) in [5.74, 6) is 0.640. The zero-order valence-electron chi connectivity index (χ0n) is 23.2. The van der Waals surface area contributed by atoms with Crippen LogP contribution in [0.4, 0.5) is 35.2 Å². The largest absolute Gasteiger partial charge is 0.489 e. The van der Waals surface area contributed by atoms with Gasteiger partial charge in [-0.2, -0.15) is 13.2 Å². The van der Waals surface area contributed by atoms with Crippen molar-refractivity contribution in [3.8, 4) is 17.0 Å². The second-order valence-electron chi connectivity index (χ2n) is 9.49. The Morgan fingerprint density at radius 3 is 2.60 bits per heavy atom. The summed E-state index contributed by atoms with van der Waals surface area (Å²) < 4.78 is 52.3. The Morgan fingerprint density at radius 2 is 1.84 bits per heavy atom. The molecule has 13 heteroatoms. The number of anilines is 3. The number of nitrogens with zero attached hydrogens (tertiary/aromatic N) is 4. The third kappa shape index (κ3) is 7.19. The maximum Gasteiger partial charge on any atom is 0.416 e. The topological polar surface area (TPSA) is 115 Å². The molecular formula is C30H28F3N7O3. The number of urea groups is 1. The summed E-state index contributed by atoms with van der Waals surface area (Å²) in [6, 6.07) is 12.8. The number of ether oxygens (including phenoxy) is 2. The third-order valence-electron chi connectivity index (χ3n) is 6.45. The van der Waals surface area contributed by atoms with Gasteiger partial charge in [-0.3, -0.25) is 4.98 Å². The van der Waals surface area contributed by atoms with Crippen molar-refractivity contribution in [2.24, 2.45) is 0 Å². The number of methoxy groups -OCH3 is 1. The maximum absolute atomic E-state index is 13.3. The van der Waals surface area contributed by atoms with Crippen LogP contribution in [-0.2, 0) is 10.9 Å². The summed E-state index contributed by atoms with van der Waals surface area (Å²) in [4.78, 5) is 26.2. The van der Waals surface area contributed by atoms with E-state index in [2.05, 4.69) is 25.9 Å². The summed E-state index contributed by atoms with van der Waals surface area (Å²) in [5, 5.41) is 8.55. The number of rotatable bonds is 10. The third-order valence-corrected chi connectivity index (χ3v) is 6.45. The minimum atomic E-state index is -4.60. The highest BCUT2D eigenvalue weighted by Crippen LogP contribution is 2.35. The normalized spacial score (nSPS) is 12.1. The molecule has 0 aliphatic rings. The molecule has 1 unspecified atom stereocenters. The van der Waals surface area contributed by atoms with Crippen molar-refractivity contribution in [3.63, 3.8) is 0 Å². The van der Waals surface area contributed by atoms with Gasteiger partial charge in [0.15, 0.2) is 11.5 Å². The number of aromatic nitrogens is 4. The van der Waals surface area contributed by atoms with Crippen molar-refractivity contribution in [2.75, 3.05) is 36.3 Å². The number of pyridine rings is 1. The van der Waals surface area contributed by atoms with Gasteiger partial charge in [0.05, 0.1) is 29.6 Å². The zero-order chi connectivity index (χ0) is 30.4. The van der Waals surface area contributed by atoms with Crippen molar-refractivity contribution in [2.45, 2.75) is 19.1 Å². The Balaban J connectivity index is 1.36. The highest BCUT2D eigenvalue weighted by atomic mass is 19.4. The van der Waals surface area contributed by atoms with Gasteiger partial charge in [0.25, 0.3) is 0 Å². The molecule has 0 aliphatic carbocycles. The van der Waals surface area contributed by atoms with Crippen LogP contribution in [0.3, 0.4) is 0 Å². The summed E-state index contributed by atoms with van der Waals surface area (Å²) in [6.45, 7) is 2.32. The fourth-order valence-corrected chi connectivity index (χ4v) is 4.31. The van der Waals surface area contributed by atoms with E-state index in [1.165, 1.54) is 7.11 Å². The molecule has 2 aromatic carbocycles. The Kier molecular flexibility index (Phi) is 8.71. The van der Waals surface area contributed by atoms with Crippen LogP contribution < -0.4 is 20.7 Å². The number of nitrogens with one attached hydrogen (secondary N) is 3. The van der Waals surface area contributed by atoms with E-state index in [1.54, 1.807) is 43.0 Å². The molecule has 0 spiro atoms. The number of carbonyl (C=O) groups is 1. The van der Waals surface area contributed by atoms with Gasteiger partial charge in [-0.05, 0) is 55.0 Å². The number of alkyl halides is 3. The molecule has 5 rings (SSSR count). The van der Waals surface area contributed by atoms with Gasteiger partial charge < -0.3 is 29.8 Å². The van der Waals surface area contributed by atoms with Crippen LogP contribution in [0.5, 0.6) is 5.75 Å². The smallest absolute Gasteiger partial charge is 0.416 e. The molecule has 0 fully saturated rings. The molecule has 1 atom stereocenters. The highest BCUT2D eigenvalue weighted by molar-refractivity contribution is 6.01. The van der Waals surface area contributed by atoms with Crippen LogP contribution in [0, 0.1) is 0 Å². The van der Waals surface area contributed by atoms with Gasteiger partial charge in [0.2, 0.25) is 0 Å². The Morgan fingerprint density at radius 1 is 1.02 bits per heavy atom. The first-order chi connectivity index (χ1) is 20.7. The van der Waals surface area contributed by atoms with Gasteiger partial charge in [-0.25, -0.2) is 14.8 Å². The van der Waals surface area contributed by atoms with Gasteiger partial charge in [-0.1, -0.05) is 12.1 Å². The van der Waals surface area contributed by atoms with Crippen molar-refractivity contribution in [3.05, 3.63) is 96.7 Å². The minimum Gasteiger partial charge on any atom is -0.489 e. The average Bonchev–Trinajstić information content (AvgIpc) is 3.47. The van der Waals surface area contributed by atoms with Gasteiger partial charge >= 0.3 is 12.2 Å². The van der Waals surface area contributed by atoms with Crippen LogP contribution in [0.2, 0.25) is 0 Å². The van der Waals surface area contributed by atoms with Crippen LogP contribution >= 0.6 is 0 Å². The number of fused-ring (bicyclic) bond motifs is 1. The number of hydrogen-bond acceptors (Lipinski definition) is 7. The van der Waals surface area contributed by atoms with Crippen LogP contribution in [0.25, 0.3) is 16.9 Å². The average molecular weight is 592 g/mol. The van der Waals surface area contributed by atoms with Gasteiger partial charge in [0.1, 0.15) is 12.4 Å². The van der Waals surface area contributed by atoms with E-state index in [0.29, 0.717) is 28.4 Å². The quantitative estimate of drug-likeness (QED) is 0.156. The van der Waals surface area contributed by atoms with E-state index < -0.39 is 17.8 Å². The molecule has 3 aromatic heterocycles. The van der Waals surface area contributed by atoms with Gasteiger partial charge in [0, 0.05) is 49.3 Å². The summed E-state index contributed by atoms with van der Waals surface area (Å²) in [6.07, 6.45) is 4.14. The lowest BCUT2D eigenvalue weighted by Crippen LogP contribution is -2.21. The van der Waals surface area contributed by atoms with Gasteiger partial charge in [-0.15, -0.1) is 0 Å². The molecule has 0 saturated carbocycles. The van der Waals surface area contributed by atoms with E-state index >= 15 is 0 Å². The summed E-state index contributed by atoms with van der Waals surface area (Å²) in [5.41, 5.74) is 2.30. The molecule has 43 heavy (non-hydrogen) atoms. The molecule has 0 radical (unpaired) electrons. The molecule has 0 saturated heterocycles. The number of imidazole rings is 1. The molecule has 222 valence electrons. The van der Waals surface area contributed by atoms with Crippen LogP contribution in [0.1, 0.15) is 24.1 Å². The number of halogens is 3. The minimum absolute atomic E-state index is 0.0767. The molecule has 5 aromatic rings. The van der Waals surface area contributed by atoms with Crippen molar-refractivity contribution >= 4 is 28.9 Å². The van der Waals surface area contributed by atoms with Crippen LogP contribution in [-0.4, -0.2) is 45.7 Å². The van der Waals surface area contributed by atoms with Crippen molar-refractivity contribution in [1.29, 1.82) is 0 Å². The lowest BCUT2D eigenvalue weighted by molar-refractivity contribution is -0.137. The Labute approximate surface area is 244 Å². The standard InChI is InChI=1S/C30H28F3N7O3/c1-19(20-8-10-34-11-9-20)36-27-28-35-12-13-40(28)18-25(38-27)21-4-3-5-23(16-21)37-29(41)39-24-17-22(30(31,32)33)6-7-26(24)43-15-14-42-2/h3-13,16-19H,14-15H2,1-2H3,(H,36,38)(H2,37,39,41). The highest BCUT2D eigenvalue weighted by Gasteiger charge is 2.31. The monoisotopic (exact) mass is 591 g/mol. The van der Waals surface area contributed by atoms with E-state index in [4.69, 9.17) is 14.5 Å². The fraction of sp³-hybridized carbons (Fsp3) is 0.200. The number of carbonyl (C=O) groups excluding carboxylic acids is 1. The molecule has 3 heterocycles. The predicted octanol–water partition coefficient (Wildman–Crippen LogP) is 6.65. The second kappa shape index (κ2) is 12.8. The summed E-state index contributed by atoms with van der Waals surface area (Å²) >= 11 is 0. The van der Waals surface area contributed by atoms with E-state index in [0.717, 1.165) is 23.8 Å². The summed E-state index contributed by atoms with van der Waals surface area (Å²) in [7, 11) is 1.47. The molecular weight excluding hydrogens is 563 g/mol. The maximum atomic E-state index is 13.3. The Bertz CT molecular complexity index is 1710. The molecule has 0 aliphatic heterocycles. The van der Waals surface area contributed by atoms with Crippen LogP contribution in [0.15, 0.2) is 85.6 Å². The molecule has 10 nitrogen and oxygen atoms in total. The number of benzene rings is 2. The van der Waals surface area contributed by atoms with Crippen molar-refractivity contribution in [1.82, 2.24) is 19.4 Å². The van der Waals surface area contributed by atoms with E-state index in [-0.39, 0.29) is 30.7 Å². The first-order valence-electron chi connectivity index (χ1n) is 13.2. The fourth-order valence-electron chi connectivity index (χ4n) is 4.31. The number of amides is 2. The molecule has 0 bridgehead atoms. The SMILES string of the molecule is COCCOc1ccc(C(F)(F)F)cc1NC(=O)Nc1cccc(-c2cn3ccnc3c(NC(C)c3ccncc3)n2)c1. The lowest BCUT2D eigenvalue weighted by atomic mass is 10.1. The van der Waals surface area contributed by atoms with E-state index in [9.17, 15) is 18.0 Å². The second-order valence-corrected chi connectivity index (χ2v) is 9.49. The first-order valence-corrected chi connectivity index (χ1v) is 13.2. The molecule has 3 N–H and O–H groups in total. The zero-order valence-corrected chi connectivity index (χ0v) is 23.2. The lowest BCUT2D eigenvalue weighted by Gasteiger charge is -2.17. The first kappa shape index (κ1) is 29.3. The predicted molar refractivity (Wildman–Crippen MR) is 156 cm³/mol. The van der Waals surface area contributed by atoms with E-state index in [1.807, 2.05) is 35.7 Å². The molecule has 2 amide bonds.